The molecular weight excluding hydrogens is 482 g/mol. The molecule has 0 spiro atoms. The Balaban J connectivity index is 1.53. The van der Waals surface area contributed by atoms with Gasteiger partial charge in [0.05, 0.1) is 30.9 Å². The van der Waals surface area contributed by atoms with E-state index >= 15 is 0 Å². The highest BCUT2D eigenvalue weighted by molar-refractivity contribution is 9.10. The molecule has 0 radical (unpaired) electrons. The van der Waals surface area contributed by atoms with E-state index in [9.17, 15) is 4.79 Å². The molecule has 1 atom stereocenters. The molecule has 1 unspecified atom stereocenters. The number of ether oxygens (including phenoxy) is 2. The Morgan fingerprint density at radius 2 is 1.88 bits per heavy atom. The first-order chi connectivity index (χ1) is 16.1. The van der Waals surface area contributed by atoms with Crippen molar-refractivity contribution < 1.29 is 14.3 Å². The number of rotatable bonds is 6. The minimum absolute atomic E-state index is 0.0343. The molecular formula is C26H24BrN3O3. The lowest BCUT2D eigenvalue weighted by Gasteiger charge is -2.20. The van der Waals surface area contributed by atoms with Crippen LogP contribution in [0.4, 0.5) is 5.69 Å². The summed E-state index contributed by atoms with van der Waals surface area (Å²) in [5.74, 6) is 2.27. The summed E-state index contributed by atoms with van der Waals surface area (Å²) in [6, 6.07) is 21.9. The fourth-order valence-electron chi connectivity index (χ4n) is 4.51. The van der Waals surface area contributed by atoms with E-state index in [1.165, 1.54) is 5.56 Å². The number of imidazole rings is 1. The summed E-state index contributed by atoms with van der Waals surface area (Å²) >= 11 is 3.57. The molecule has 1 aromatic heterocycles. The lowest BCUT2D eigenvalue weighted by atomic mass is 10.1. The molecule has 0 saturated carbocycles. The third-order valence-corrected chi connectivity index (χ3v) is 6.57. The number of fused-ring (bicyclic) bond motifs is 1. The number of halogens is 1. The largest absolute Gasteiger partial charge is 0.497 e. The standard InChI is InChI=1S/C26H24BrN3O3/c1-32-20-10-11-24(33-2)23(14-20)29-16-18(13-25(29)31)26-28-21-8-3-4-9-22(21)30(26)15-17-6-5-7-19(27)12-17/h3-12,14,18H,13,15-16H2,1-2H3. The second-order valence-electron chi connectivity index (χ2n) is 8.12. The third-order valence-electron chi connectivity index (χ3n) is 6.08. The third kappa shape index (κ3) is 4.09. The summed E-state index contributed by atoms with van der Waals surface area (Å²) in [6.07, 6.45) is 0.391. The number of benzene rings is 3. The summed E-state index contributed by atoms with van der Waals surface area (Å²) in [4.78, 5) is 19.9. The van der Waals surface area contributed by atoms with E-state index in [4.69, 9.17) is 14.5 Å². The Bertz CT molecular complexity index is 1330. The van der Waals surface area contributed by atoms with Crippen LogP contribution in [0.25, 0.3) is 11.0 Å². The molecule has 33 heavy (non-hydrogen) atoms. The summed E-state index contributed by atoms with van der Waals surface area (Å²) in [7, 11) is 3.23. The SMILES string of the molecule is COc1ccc(OC)c(N2CC(c3nc4ccccc4n3Cc3cccc(Br)c3)CC2=O)c1. The van der Waals surface area contributed by atoms with E-state index < -0.39 is 0 Å². The first-order valence-corrected chi connectivity index (χ1v) is 11.6. The predicted octanol–water partition coefficient (Wildman–Crippen LogP) is 5.38. The van der Waals surface area contributed by atoms with Gasteiger partial charge in [0.2, 0.25) is 5.91 Å². The fraction of sp³-hybridized carbons (Fsp3) is 0.231. The Morgan fingerprint density at radius 3 is 2.67 bits per heavy atom. The van der Waals surface area contributed by atoms with Gasteiger partial charge in [-0.2, -0.15) is 0 Å². The Kier molecular flexibility index (Phi) is 5.81. The number of para-hydroxylation sites is 2. The summed E-state index contributed by atoms with van der Waals surface area (Å²) in [6.45, 7) is 1.21. The monoisotopic (exact) mass is 505 g/mol. The smallest absolute Gasteiger partial charge is 0.227 e. The van der Waals surface area contributed by atoms with Crippen LogP contribution in [0.15, 0.2) is 71.2 Å². The highest BCUT2D eigenvalue weighted by Gasteiger charge is 2.36. The number of methoxy groups -OCH3 is 2. The van der Waals surface area contributed by atoms with Gasteiger partial charge in [0, 0.05) is 36.0 Å². The number of amides is 1. The summed E-state index contributed by atoms with van der Waals surface area (Å²) in [5, 5.41) is 0. The molecule has 4 aromatic rings. The Morgan fingerprint density at radius 1 is 1.03 bits per heavy atom. The molecule has 1 fully saturated rings. The van der Waals surface area contributed by atoms with Gasteiger partial charge in [0.1, 0.15) is 17.3 Å². The highest BCUT2D eigenvalue weighted by Crippen LogP contribution is 2.39. The zero-order valence-corrected chi connectivity index (χ0v) is 20.1. The van der Waals surface area contributed by atoms with Crippen molar-refractivity contribution in [2.24, 2.45) is 0 Å². The maximum Gasteiger partial charge on any atom is 0.227 e. The lowest BCUT2D eigenvalue weighted by Crippen LogP contribution is -2.25. The van der Waals surface area contributed by atoms with E-state index in [-0.39, 0.29) is 11.8 Å². The summed E-state index contributed by atoms with van der Waals surface area (Å²) < 4.78 is 14.2. The van der Waals surface area contributed by atoms with Crippen molar-refractivity contribution in [2.75, 3.05) is 25.7 Å². The van der Waals surface area contributed by atoms with Crippen molar-refractivity contribution in [2.45, 2.75) is 18.9 Å². The van der Waals surface area contributed by atoms with Crippen LogP contribution in [0.2, 0.25) is 0 Å². The van der Waals surface area contributed by atoms with Gasteiger partial charge in [0.25, 0.3) is 0 Å². The predicted molar refractivity (Wildman–Crippen MR) is 132 cm³/mol. The van der Waals surface area contributed by atoms with Crippen molar-refractivity contribution in [1.29, 1.82) is 0 Å². The van der Waals surface area contributed by atoms with Gasteiger partial charge in [0.15, 0.2) is 0 Å². The fourth-order valence-corrected chi connectivity index (χ4v) is 4.96. The zero-order chi connectivity index (χ0) is 22.9. The Labute approximate surface area is 200 Å². The molecule has 3 aromatic carbocycles. The van der Waals surface area contributed by atoms with Crippen molar-refractivity contribution in [3.05, 3.63) is 82.6 Å². The van der Waals surface area contributed by atoms with Gasteiger partial charge in [-0.3, -0.25) is 4.79 Å². The maximum atomic E-state index is 13.1. The van der Waals surface area contributed by atoms with Crippen molar-refractivity contribution >= 4 is 38.6 Å². The molecule has 1 aliphatic rings. The number of carbonyl (C=O) groups is 1. The van der Waals surface area contributed by atoms with E-state index in [1.54, 1.807) is 19.1 Å². The van der Waals surface area contributed by atoms with Crippen LogP contribution in [0.3, 0.4) is 0 Å². The van der Waals surface area contributed by atoms with Crippen molar-refractivity contribution in [3.63, 3.8) is 0 Å². The first kappa shape index (κ1) is 21.5. The minimum Gasteiger partial charge on any atom is -0.497 e. The van der Waals surface area contributed by atoms with Gasteiger partial charge in [-0.15, -0.1) is 0 Å². The molecule has 168 valence electrons. The molecule has 0 bridgehead atoms. The van der Waals surface area contributed by atoms with Crippen LogP contribution in [0.5, 0.6) is 11.5 Å². The number of hydrogen-bond acceptors (Lipinski definition) is 4. The maximum absolute atomic E-state index is 13.1. The molecule has 7 heteroatoms. The molecule has 0 N–H and O–H groups in total. The number of aromatic nitrogens is 2. The molecule has 1 amide bonds. The van der Waals surface area contributed by atoms with Gasteiger partial charge >= 0.3 is 0 Å². The highest BCUT2D eigenvalue weighted by atomic mass is 79.9. The number of hydrogen-bond donors (Lipinski definition) is 0. The average Bonchev–Trinajstić information content (AvgIpc) is 3.39. The van der Waals surface area contributed by atoms with Crippen LogP contribution in [0, 0.1) is 0 Å². The molecule has 5 rings (SSSR count). The zero-order valence-electron chi connectivity index (χ0n) is 18.5. The Hall–Kier alpha value is -3.32. The van der Waals surface area contributed by atoms with Crippen LogP contribution in [-0.4, -0.2) is 36.2 Å². The van der Waals surface area contributed by atoms with Crippen LogP contribution in [0.1, 0.15) is 23.7 Å². The van der Waals surface area contributed by atoms with Crippen LogP contribution in [-0.2, 0) is 11.3 Å². The van der Waals surface area contributed by atoms with E-state index in [2.05, 4.69) is 38.7 Å². The lowest BCUT2D eigenvalue weighted by molar-refractivity contribution is -0.117. The van der Waals surface area contributed by atoms with Crippen molar-refractivity contribution in [1.82, 2.24) is 9.55 Å². The minimum atomic E-state index is -0.0343. The molecule has 2 heterocycles. The van der Waals surface area contributed by atoms with E-state index in [1.807, 2.05) is 48.5 Å². The second kappa shape index (κ2) is 8.90. The van der Waals surface area contributed by atoms with Gasteiger partial charge in [-0.05, 0) is 42.0 Å². The second-order valence-corrected chi connectivity index (χ2v) is 9.03. The average molecular weight is 506 g/mol. The molecule has 1 saturated heterocycles. The van der Waals surface area contributed by atoms with E-state index in [0.29, 0.717) is 31.0 Å². The van der Waals surface area contributed by atoms with Crippen LogP contribution >= 0.6 is 15.9 Å². The summed E-state index contributed by atoms with van der Waals surface area (Å²) in [5.41, 5.74) is 3.90. The first-order valence-electron chi connectivity index (χ1n) is 10.8. The van der Waals surface area contributed by atoms with E-state index in [0.717, 1.165) is 27.0 Å². The van der Waals surface area contributed by atoms with Crippen LogP contribution < -0.4 is 14.4 Å². The molecule has 0 aliphatic carbocycles. The van der Waals surface area contributed by atoms with Gasteiger partial charge in [-0.25, -0.2) is 4.98 Å². The number of nitrogens with zero attached hydrogens (tertiary/aromatic N) is 3. The number of anilines is 1. The molecule has 6 nitrogen and oxygen atoms in total. The topological polar surface area (TPSA) is 56.6 Å². The van der Waals surface area contributed by atoms with Gasteiger partial charge < -0.3 is 18.9 Å². The number of carbonyl (C=O) groups excluding carboxylic acids is 1. The molecule has 1 aliphatic heterocycles. The van der Waals surface area contributed by atoms with Crippen molar-refractivity contribution in [3.8, 4) is 11.5 Å². The van der Waals surface area contributed by atoms with Gasteiger partial charge in [-0.1, -0.05) is 40.2 Å². The normalized spacial score (nSPS) is 15.9. The quantitative estimate of drug-likeness (QED) is 0.352.